The molecule has 3 rings (SSSR count). The van der Waals surface area contributed by atoms with Crippen molar-refractivity contribution in [1.29, 1.82) is 0 Å². The van der Waals surface area contributed by atoms with E-state index in [4.69, 9.17) is 11.6 Å². The van der Waals surface area contributed by atoms with Crippen LogP contribution < -0.4 is 10.7 Å². The zero-order chi connectivity index (χ0) is 25.0. The Bertz CT molecular complexity index is 1290. The van der Waals surface area contributed by atoms with Crippen LogP contribution in [-0.4, -0.2) is 39.6 Å². The largest absolute Gasteiger partial charge is 0.418 e. The van der Waals surface area contributed by atoms with E-state index in [2.05, 4.69) is 10.4 Å². The molecule has 34 heavy (non-hydrogen) atoms. The van der Waals surface area contributed by atoms with Crippen LogP contribution in [0.25, 0.3) is 5.69 Å². The highest BCUT2D eigenvalue weighted by molar-refractivity contribution is 6.32. The van der Waals surface area contributed by atoms with Gasteiger partial charge in [-0.25, -0.2) is 4.68 Å². The van der Waals surface area contributed by atoms with Crippen molar-refractivity contribution in [2.24, 2.45) is 0 Å². The second-order valence-electron chi connectivity index (χ2n) is 7.27. The second-order valence-corrected chi connectivity index (χ2v) is 7.68. The maximum absolute atomic E-state index is 13.2. The number of halogens is 4. The quantitative estimate of drug-likeness (QED) is 0.555. The molecule has 3 aromatic rings. The molecule has 0 radical (unpaired) electrons. The number of rotatable bonds is 6. The number of carbonyl (C=O) groups is 2. The number of benzene rings is 2. The first-order valence-corrected chi connectivity index (χ1v) is 10.5. The number of hydrogen-bond donors (Lipinski definition) is 1. The van der Waals surface area contributed by atoms with Crippen LogP contribution in [0.2, 0.25) is 5.02 Å². The molecule has 1 aromatic heterocycles. The van der Waals surface area contributed by atoms with E-state index in [0.29, 0.717) is 16.4 Å². The van der Waals surface area contributed by atoms with Gasteiger partial charge in [-0.1, -0.05) is 35.9 Å². The highest BCUT2D eigenvalue weighted by Gasteiger charge is 2.33. The molecule has 0 saturated carbocycles. The Morgan fingerprint density at radius 1 is 1.12 bits per heavy atom. The maximum Gasteiger partial charge on any atom is 0.418 e. The Balaban J connectivity index is 1.87. The summed E-state index contributed by atoms with van der Waals surface area (Å²) in [5, 5.41) is 6.68. The summed E-state index contributed by atoms with van der Waals surface area (Å²) in [4.78, 5) is 39.1. The van der Waals surface area contributed by atoms with Crippen LogP contribution in [0.3, 0.4) is 0 Å². The van der Waals surface area contributed by atoms with Crippen molar-refractivity contribution in [3.63, 3.8) is 0 Å². The monoisotopic (exact) mass is 492 g/mol. The zero-order valence-electron chi connectivity index (χ0n) is 18.2. The van der Waals surface area contributed by atoms with Crippen molar-refractivity contribution >= 4 is 29.1 Å². The number of para-hydroxylation sites is 2. The normalized spacial score (nSPS) is 11.2. The topological polar surface area (TPSA) is 84.3 Å². The van der Waals surface area contributed by atoms with E-state index >= 15 is 0 Å². The van der Waals surface area contributed by atoms with Crippen molar-refractivity contribution in [2.75, 3.05) is 18.4 Å². The minimum absolute atomic E-state index is 0.00820. The summed E-state index contributed by atoms with van der Waals surface area (Å²) in [6.45, 7) is 2.61. The van der Waals surface area contributed by atoms with Crippen molar-refractivity contribution < 1.29 is 22.8 Å². The Kier molecular flexibility index (Phi) is 7.41. The first-order valence-electron chi connectivity index (χ1n) is 10.1. The van der Waals surface area contributed by atoms with E-state index in [1.807, 2.05) is 0 Å². The van der Waals surface area contributed by atoms with Crippen molar-refractivity contribution in [3.05, 3.63) is 86.8 Å². The van der Waals surface area contributed by atoms with Gasteiger partial charge in [-0.15, -0.1) is 0 Å². The Morgan fingerprint density at radius 2 is 1.76 bits per heavy atom. The van der Waals surface area contributed by atoms with Crippen LogP contribution in [0.5, 0.6) is 0 Å². The number of amides is 2. The van der Waals surface area contributed by atoms with Crippen molar-refractivity contribution in [1.82, 2.24) is 14.7 Å². The molecule has 178 valence electrons. The third kappa shape index (κ3) is 5.45. The average Bonchev–Trinajstić information content (AvgIpc) is 2.77. The first-order chi connectivity index (χ1) is 16.0. The van der Waals surface area contributed by atoms with Gasteiger partial charge in [0.25, 0.3) is 5.91 Å². The molecule has 0 spiro atoms. The molecule has 11 heteroatoms. The summed E-state index contributed by atoms with van der Waals surface area (Å²) >= 11 is 6.22. The van der Waals surface area contributed by atoms with Gasteiger partial charge >= 0.3 is 6.18 Å². The minimum atomic E-state index is -4.67. The lowest BCUT2D eigenvalue weighted by Gasteiger charge is -2.21. The molecule has 0 aliphatic rings. The predicted octanol–water partition coefficient (Wildman–Crippen LogP) is 4.31. The lowest BCUT2D eigenvalue weighted by Crippen LogP contribution is -2.41. The molecule has 0 unspecified atom stereocenters. The Hall–Kier alpha value is -3.66. The number of nitrogens with zero attached hydrogens (tertiary/aromatic N) is 3. The van der Waals surface area contributed by atoms with Crippen molar-refractivity contribution in [3.8, 4) is 5.69 Å². The molecular weight excluding hydrogens is 473 g/mol. The molecule has 0 saturated heterocycles. The second kappa shape index (κ2) is 10.1. The number of aromatic nitrogens is 2. The van der Waals surface area contributed by atoms with Crippen LogP contribution in [0.15, 0.2) is 59.4 Å². The molecule has 0 atom stereocenters. The molecule has 7 nitrogen and oxygen atoms in total. The van der Waals surface area contributed by atoms with E-state index in [9.17, 15) is 27.6 Å². The lowest BCUT2D eigenvalue weighted by molar-refractivity contribution is -0.137. The van der Waals surface area contributed by atoms with Gasteiger partial charge in [0, 0.05) is 18.3 Å². The van der Waals surface area contributed by atoms with Crippen LogP contribution in [0.4, 0.5) is 18.9 Å². The number of nitrogens with one attached hydrogen (secondary N) is 1. The summed E-state index contributed by atoms with van der Waals surface area (Å²) in [5.74, 6) is -1.70. The van der Waals surface area contributed by atoms with Crippen molar-refractivity contribution in [2.45, 2.75) is 20.0 Å². The van der Waals surface area contributed by atoms with Crippen LogP contribution >= 0.6 is 11.6 Å². The fourth-order valence-corrected chi connectivity index (χ4v) is 3.46. The highest BCUT2D eigenvalue weighted by atomic mass is 35.5. The molecule has 1 heterocycles. The van der Waals surface area contributed by atoms with E-state index in [1.165, 1.54) is 22.9 Å². The maximum atomic E-state index is 13.2. The number of likely N-dealkylation sites (N-methyl/N-ethyl adjacent to an activating group) is 1. The molecule has 2 aromatic carbocycles. The number of alkyl halides is 3. The molecule has 0 aliphatic heterocycles. The third-order valence-electron chi connectivity index (χ3n) is 4.90. The smallest absolute Gasteiger partial charge is 0.328 e. The van der Waals surface area contributed by atoms with E-state index in [1.54, 1.807) is 38.1 Å². The van der Waals surface area contributed by atoms with Gasteiger partial charge in [-0.05, 0) is 38.1 Å². The molecule has 2 amide bonds. The third-order valence-corrected chi connectivity index (χ3v) is 5.22. The first kappa shape index (κ1) is 25.0. The van der Waals surface area contributed by atoms with Crippen LogP contribution in [0.1, 0.15) is 28.7 Å². The van der Waals surface area contributed by atoms with Gasteiger partial charge in [-0.2, -0.15) is 18.3 Å². The standard InChI is InChI=1S/C23H20ClF3N4O3/c1-3-30(13-20(33)28-17-10-6-4-8-15(17)23(25,26)27)22(34)21-19(32)12-14(2)31(29-21)18-11-7-5-9-16(18)24/h4-12H,3,13H2,1-2H3,(H,28,33). The number of hydrogen-bond acceptors (Lipinski definition) is 4. The summed E-state index contributed by atoms with van der Waals surface area (Å²) in [5.41, 5.74) is -1.68. The van der Waals surface area contributed by atoms with Crippen LogP contribution in [0, 0.1) is 6.92 Å². The fourth-order valence-electron chi connectivity index (χ4n) is 3.24. The highest BCUT2D eigenvalue weighted by Crippen LogP contribution is 2.34. The molecular formula is C23H20ClF3N4O3. The van der Waals surface area contributed by atoms with E-state index in [-0.39, 0.29) is 6.54 Å². The number of aryl methyl sites for hydroxylation is 1. The Morgan fingerprint density at radius 3 is 2.41 bits per heavy atom. The predicted molar refractivity (Wildman–Crippen MR) is 121 cm³/mol. The van der Waals surface area contributed by atoms with Gasteiger partial charge in [0.2, 0.25) is 11.3 Å². The van der Waals surface area contributed by atoms with Crippen LogP contribution in [-0.2, 0) is 11.0 Å². The summed E-state index contributed by atoms with van der Waals surface area (Å²) in [6, 6.07) is 12.4. The van der Waals surface area contributed by atoms with E-state index < -0.39 is 46.9 Å². The van der Waals surface area contributed by atoms with Gasteiger partial charge < -0.3 is 10.2 Å². The summed E-state index contributed by atoms with van der Waals surface area (Å²) in [6.07, 6.45) is -4.67. The van der Waals surface area contributed by atoms with Gasteiger partial charge in [0.15, 0.2) is 5.69 Å². The van der Waals surface area contributed by atoms with Gasteiger partial charge in [0.1, 0.15) is 6.54 Å². The zero-order valence-corrected chi connectivity index (χ0v) is 18.9. The van der Waals surface area contributed by atoms with Gasteiger partial charge in [-0.3, -0.25) is 14.4 Å². The number of anilines is 1. The summed E-state index contributed by atoms with van der Waals surface area (Å²) < 4.78 is 40.9. The van der Waals surface area contributed by atoms with E-state index in [0.717, 1.165) is 17.0 Å². The molecule has 0 aliphatic carbocycles. The lowest BCUT2D eigenvalue weighted by atomic mass is 10.1. The van der Waals surface area contributed by atoms with Gasteiger partial charge in [0.05, 0.1) is 22.0 Å². The SMILES string of the molecule is CCN(CC(=O)Nc1ccccc1C(F)(F)F)C(=O)c1nn(-c2ccccc2Cl)c(C)cc1=O. The number of carbonyl (C=O) groups excluding carboxylic acids is 2. The minimum Gasteiger partial charge on any atom is -0.328 e. The molecule has 0 fully saturated rings. The Labute approximate surface area is 197 Å². The molecule has 0 bridgehead atoms. The summed E-state index contributed by atoms with van der Waals surface area (Å²) in [7, 11) is 0. The fraction of sp³-hybridized carbons (Fsp3) is 0.217. The molecule has 1 N–H and O–H groups in total. The average molecular weight is 493 g/mol.